The van der Waals surface area contributed by atoms with E-state index in [9.17, 15) is 4.39 Å². The lowest BCUT2D eigenvalue weighted by atomic mass is 9.94. The molecule has 1 unspecified atom stereocenters. The second-order valence-electron chi connectivity index (χ2n) is 5.70. The summed E-state index contributed by atoms with van der Waals surface area (Å²) in [6, 6.07) is 13.9. The van der Waals surface area contributed by atoms with E-state index in [4.69, 9.17) is 5.73 Å². The molecule has 2 N–H and O–H groups in total. The van der Waals surface area contributed by atoms with Crippen LogP contribution in [0.25, 0.3) is 0 Å². The number of rotatable bonds is 3. The maximum absolute atomic E-state index is 13.6. The number of nitrogens with two attached hydrogens (primary N) is 1. The van der Waals surface area contributed by atoms with E-state index in [1.54, 1.807) is 12.1 Å². The first-order valence-corrected chi connectivity index (χ1v) is 7.56. The first-order valence-electron chi connectivity index (χ1n) is 7.56. The van der Waals surface area contributed by atoms with Gasteiger partial charge in [-0.15, -0.1) is 0 Å². The Morgan fingerprint density at radius 3 is 2.81 bits per heavy atom. The number of halogens is 1. The van der Waals surface area contributed by atoms with Crippen molar-refractivity contribution in [3.63, 3.8) is 0 Å². The van der Waals surface area contributed by atoms with Crippen LogP contribution in [0.3, 0.4) is 0 Å². The molecule has 0 radical (unpaired) electrons. The number of fused-ring (bicyclic) bond motifs is 1. The Bertz CT molecular complexity index is 639. The van der Waals surface area contributed by atoms with Crippen molar-refractivity contribution >= 4 is 11.4 Å². The molecular formula is C18H21FN2. The predicted octanol–water partition coefficient (Wildman–Crippen LogP) is 3.80. The Morgan fingerprint density at radius 2 is 2.00 bits per heavy atom. The Morgan fingerprint density at radius 1 is 1.19 bits per heavy atom. The van der Waals surface area contributed by atoms with E-state index in [2.05, 4.69) is 36.1 Å². The molecule has 110 valence electrons. The predicted molar refractivity (Wildman–Crippen MR) is 85.5 cm³/mol. The molecule has 2 nitrogen and oxygen atoms in total. The fraction of sp³-hybridized carbons (Fsp3) is 0.333. The summed E-state index contributed by atoms with van der Waals surface area (Å²) in [6.07, 6.45) is 2.90. The van der Waals surface area contributed by atoms with Crippen molar-refractivity contribution in [3.05, 3.63) is 59.4 Å². The minimum Gasteiger partial charge on any atom is -0.338 e. The normalized spacial score (nSPS) is 17.7. The number of hydrogen-bond acceptors (Lipinski definition) is 2. The Balaban J connectivity index is 2.11. The molecule has 1 aliphatic rings. The molecule has 3 rings (SSSR count). The zero-order chi connectivity index (χ0) is 14.8. The molecule has 3 heteroatoms. The molecule has 2 aromatic carbocycles. The molecule has 0 saturated heterocycles. The lowest BCUT2D eigenvalue weighted by Gasteiger charge is -2.38. The van der Waals surface area contributed by atoms with Crippen LogP contribution in [0.4, 0.5) is 15.8 Å². The molecule has 2 aromatic rings. The van der Waals surface area contributed by atoms with Crippen LogP contribution in [0.2, 0.25) is 0 Å². The quantitative estimate of drug-likeness (QED) is 0.929. The van der Waals surface area contributed by atoms with E-state index in [1.165, 1.54) is 11.3 Å². The van der Waals surface area contributed by atoms with Crippen molar-refractivity contribution in [2.75, 3.05) is 11.4 Å². The second kappa shape index (κ2) is 5.86. The standard InChI is InChI=1S/C18H21FN2/c1-13-6-7-14-4-2-3-5-17(14)21(13)18-9-8-16(19)12-15(18)10-11-20/h2-5,8-9,12-13H,6-7,10-11,20H2,1H3. The Labute approximate surface area is 125 Å². The largest absolute Gasteiger partial charge is 0.338 e. The zero-order valence-electron chi connectivity index (χ0n) is 12.3. The van der Waals surface area contributed by atoms with Gasteiger partial charge < -0.3 is 10.6 Å². The third-order valence-corrected chi connectivity index (χ3v) is 4.24. The van der Waals surface area contributed by atoms with Crippen molar-refractivity contribution in [3.8, 4) is 0 Å². The maximum Gasteiger partial charge on any atom is 0.123 e. The average Bonchev–Trinajstić information content (AvgIpc) is 2.49. The molecule has 0 amide bonds. The minimum atomic E-state index is -0.194. The zero-order valence-corrected chi connectivity index (χ0v) is 12.3. The number of anilines is 2. The SMILES string of the molecule is CC1CCc2ccccc2N1c1ccc(F)cc1CCN. The molecule has 21 heavy (non-hydrogen) atoms. The van der Waals surface area contributed by atoms with E-state index >= 15 is 0 Å². The smallest absolute Gasteiger partial charge is 0.123 e. The maximum atomic E-state index is 13.6. The van der Waals surface area contributed by atoms with Gasteiger partial charge in [0, 0.05) is 17.4 Å². The highest BCUT2D eigenvalue weighted by Crippen LogP contribution is 2.38. The van der Waals surface area contributed by atoms with Gasteiger partial charge in [-0.3, -0.25) is 0 Å². The fourth-order valence-corrected chi connectivity index (χ4v) is 3.20. The number of hydrogen-bond donors (Lipinski definition) is 1. The number of benzene rings is 2. The van der Waals surface area contributed by atoms with E-state index in [-0.39, 0.29) is 5.82 Å². The van der Waals surface area contributed by atoms with Crippen molar-refractivity contribution < 1.29 is 4.39 Å². The summed E-state index contributed by atoms with van der Waals surface area (Å²) >= 11 is 0. The summed E-state index contributed by atoms with van der Waals surface area (Å²) in [7, 11) is 0. The van der Waals surface area contributed by atoms with Crippen LogP contribution in [-0.4, -0.2) is 12.6 Å². The molecule has 1 heterocycles. The van der Waals surface area contributed by atoms with Crippen molar-refractivity contribution in [2.45, 2.75) is 32.2 Å². The highest BCUT2D eigenvalue weighted by Gasteiger charge is 2.25. The van der Waals surface area contributed by atoms with Crippen LogP contribution in [0.5, 0.6) is 0 Å². The third kappa shape index (κ3) is 2.66. The van der Waals surface area contributed by atoms with Crippen LogP contribution in [0.1, 0.15) is 24.5 Å². The van der Waals surface area contributed by atoms with E-state index < -0.39 is 0 Å². The van der Waals surface area contributed by atoms with Gasteiger partial charge in [-0.2, -0.15) is 0 Å². The first kappa shape index (κ1) is 14.1. The van der Waals surface area contributed by atoms with E-state index in [0.29, 0.717) is 19.0 Å². The summed E-state index contributed by atoms with van der Waals surface area (Å²) in [5.74, 6) is -0.194. The fourth-order valence-electron chi connectivity index (χ4n) is 3.20. The highest BCUT2D eigenvalue weighted by molar-refractivity contribution is 5.71. The molecule has 0 saturated carbocycles. The highest BCUT2D eigenvalue weighted by atomic mass is 19.1. The monoisotopic (exact) mass is 284 g/mol. The van der Waals surface area contributed by atoms with Gasteiger partial charge >= 0.3 is 0 Å². The molecule has 1 aliphatic heterocycles. The van der Waals surface area contributed by atoms with E-state index in [0.717, 1.165) is 24.1 Å². The topological polar surface area (TPSA) is 29.3 Å². The van der Waals surface area contributed by atoms with Crippen LogP contribution in [0, 0.1) is 5.82 Å². The van der Waals surface area contributed by atoms with Crippen molar-refractivity contribution in [2.24, 2.45) is 5.73 Å². The van der Waals surface area contributed by atoms with Crippen LogP contribution in [-0.2, 0) is 12.8 Å². The Kier molecular flexibility index (Phi) is 3.93. The molecular weight excluding hydrogens is 263 g/mol. The van der Waals surface area contributed by atoms with Gasteiger partial charge in [-0.05, 0) is 68.1 Å². The average molecular weight is 284 g/mol. The van der Waals surface area contributed by atoms with Gasteiger partial charge in [0.2, 0.25) is 0 Å². The summed E-state index contributed by atoms with van der Waals surface area (Å²) in [4.78, 5) is 2.34. The van der Waals surface area contributed by atoms with Gasteiger partial charge in [0.25, 0.3) is 0 Å². The lowest BCUT2D eigenvalue weighted by molar-refractivity contribution is 0.609. The third-order valence-electron chi connectivity index (χ3n) is 4.24. The molecule has 0 aliphatic carbocycles. The molecule has 0 fully saturated rings. The number of aryl methyl sites for hydroxylation is 1. The molecule has 0 spiro atoms. The molecule has 1 atom stereocenters. The first-order chi connectivity index (χ1) is 10.2. The molecule has 0 aromatic heterocycles. The second-order valence-corrected chi connectivity index (χ2v) is 5.70. The number of para-hydroxylation sites is 1. The van der Waals surface area contributed by atoms with Crippen LogP contribution < -0.4 is 10.6 Å². The molecule has 0 bridgehead atoms. The van der Waals surface area contributed by atoms with Crippen molar-refractivity contribution in [1.29, 1.82) is 0 Å². The van der Waals surface area contributed by atoms with E-state index in [1.807, 2.05) is 6.07 Å². The number of nitrogens with zero attached hydrogens (tertiary/aromatic N) is 1. The summed E-state index contributed by atoms with van der Waals surface area (Å²) in [6.45, 7) is 2.76. The van der Waals surface area contributed by atoms with Crippen molar-refractivity contribution in [1.82, 2.24) is 0 Å². The van der Waals surface area contributed by atoms with Gasteiger partial charge in [0.1, 0.15) is 5.82 Å². The summed E-state index contributed by atoms with van der Waals surface area (Å²) in [5.41, 5.74) is 10.4. The van der Waals surface area contributed by atoms with Gasteiger partial charge in [-0.25, -0.2) is 4.39 Å². The van der Waals surface area contributed by atoms with Gasteiger partial charge in [0.15, 0.2) is 0 Å². The minimum absolute atomic E-state index is 0.194. The summed E-state index contributed by atoms with van der Waals surface area (Å²) < 4.78 is 13.6. The van der Waals surface area contributed by atoms with Crippen LogP contribution in [0.15, 0.2) is 42.5 Å². The van der Waals surface area contributed by atoms with Crippen LogP contribution >= 0.6 is 0 Å². The lowest BCUT2D eigenvalue weighted by Crippen LogP contribution is -2.34. The summed E-state index contributed by atoms with van der Waals surface area (Å²) in [5, 5.41) is 0. The Hall–Kier alpha value is -1.87. The van der Waals surface area contributed by atoms with Gasteiger partial charge in [-0.1, -0.05) is 18.2 Å². The van der Waals surface area contributed by atoms with Gasteiger partial charge in [0.05, 0.1) is 0 Å².